The summed E-state index contributed by atoms with van der Waals surface area (Å²) >= 11 is 0. The third kappa shape index (κ3) is 5.46. The molecule has 4 rings (SSSR count). The smallest absolute Gasteiger partial charge is 0.339 e. The summed E-state index contributed by atoms with van der Waals surface area (Å²) in [7, 11) is -2.23. The summed E-state index contributed by atoms with van der Waals surface area (Å²) in [6, 6.07) is 10.9. The van der Waals surface area contributed by atoms with Gasteiger partial charge in [-0.2, -0.15) is 0 Å². The highest BCUT2D eigenvalue weighted by atomic mass is 32.2. The molecule has 1 amide bonds. The van der Waals surface area contributed by atoms with Gasteiger partial charge < -0.3 is 14.8 Å². The number of anilines is 1. The summed E-state index contributed by atoms with van der Waals surface area (Å²) in [5.41, 5.74) is 0.395. The van der Waals surface area contributed by atoms with Crippen molar-refractivity contribution in [3.8, 4) is 5.75 Å². The Morgan fingerprint density at radius 2 is 1.77 bits per heavy atom. The number of halogens is 2. The molecule has 1 fully saturated rings. The summed E-state index contributed by atoms with van der Waals surface area (Å²) in [6.07, 6.45) is 0.969. The van der Waals surface area contributed by atoms with Gasteiger partial charge in [-0.05, 0) is 49.2 Å². The van der Waals surface area contributed by atoms with Gasteiger partial charge in [0.05, 0.1) is 22.8 Å². The van der Waals surface area contributed by atoms with Gasteiger partial charge >= 0.3 is 5.97 Å². The molecule has 1 heterocycles. The second kappa shape index (κ2) is 9.79. The molecule has 1 saturated carbocycles. The molecule has 1 N–H and O–H groups in total. The van der Waals surface area contributed by atoms with Crippen LogP contribution in [0.1, 0.15) is 34.9 Å². The minimum atomic E-state index is -3.45. The van der Waals surface area contributed by atoms with Crippen LogP contribution >= 0.6 is 0 Å². The van der Waals surface area contributed by atoms with Crippen LogP contribution in [-0.2, 0) is 19.4 Å². The van der Waals surface area contributed by atoms with Gasteiger partial charge in [0.2, 0.25) is 6.10 Å². The van der Waals surface area contributed by atoms with E-state index >= 15 is 0 Å². The van der Waals surface area contributed by atoms with Gasteiger partial charge in [0, 0.05) is 17.8 Å². The molecule has 11 heteroatoms. The Morgan fingerprint density at radius 1 is 1.06 bits per heavy atom. The number of hydrogen-bond acceptors (Lipinski definition) is 7. The first-order valence-corrected chi connectivity index (χ1v) is 12.0. The molecule has 1 unspecified atom stereocenters. The second-order valence-corrected chi connectivity index (χ2v) is 10.0. The first kappa shape index (κ1) is 24.3. The molecular formula is C24H20F2N2O6S. The molecule has 1 aliphatic rings. The molecule has 0 bridgehead atoms. The molecule has 2 aromatic carbocycles. The van der Waals surface area contributed by atoms with Crippen LogP contribution in [0.15, 0.2) is 65.7 Å². The summed E-state index contributed by atoms with van der Waals surface area (Å²) in [4.78, 5) is 28.7. The minimum Gasteiger partial charge on any atom is -0.473 e. The number of nitrogens with one attached hydrogen (secondary N) is 1. The number of sulfone groups is 1. The first-order chi connectivity index (χ1) is 16.7. The predicted octanol–water partition coefficient (Wildman–Crippen LogP) is 3.84. The largest absolute Gasteiger partial charge is 0.473 e. The van der Waals surface area contributed by atoms with E-state index in [9.17, 15) is 26.8 Å². The van der Waals surface area contributed by atoms with E-state index in [-0.39, 0.29) is 27.6 Å². The van der Waals surface area contributed by atoms with E-state index < -0.39 is 44.7 Å². The number of hydrogen-bond donors (Lipinski definition) is 1. The Bertz CT molecular complexity index is 1360. The maximum Gasteiger partial charge on any atom is 0.339 e. The topological polar surface area (TPSA) is 112 Å². The average Bonchev–Trinajstić information content (AvgIpc) is 3.70. The number of methoxy groups -OCH3 is 1. The minimum absolute atomic E-state index is 0.0729. The van der Waals surface area contributed by atoms with Gasteiger partial charge in [0.25, 0.3) is 5.91 Å². The summed E-state index contributed by atoms with van der Waals surface area (Å²) < 4.78 is 62.7. The van der Waals surface area contributed by atoms with Crippen LogP contribution in [0.2, 0.25) is 0 Å². The zero-order chi connectivity index (χ0) is 25.2. The molecule has 35 heavy (non-hydrogen) atoms. The number of carbonyl (C=O) groups excluding carboxylic acids is 2. The van der Waals surface area contributed by atoms with Crippen LogP contribution in [0.3, 0.4) is 0 Å². The Labute approximate surface area is 199 Å². The van der Waals surface area contributed by atoms with E-state index in [1.165, 1.54) is 49.7 Å². The fraction of sp³-hybridized carbons (Fsp3) is 0.208. The van der Waals surface area contributed by atoms with Crippen molar-refractivity contribution < 1.29 is 36.3 Å². The van der Waals surface area contributed by atoms with Gasteiger partial charge in [0.15, 0.2) is 21.4 Å². The molecule has 1 atom stereocenters. The maximum atomic E-state index is 14.3. The first-order valence-electron chi connectivity index (χ1n) is 10.5. The third-order valence-electron chi connectivity index (χ3n) is 5.29. The number of benzene rings is 2. The van der Waals surface area contributed by atoms with Crippen molar-refractivity contribution in [3.05, 3.63) is 83.6 Å². The normalized spacial score (nSPS) is 14.1. The predicted molar refractivity (Wildman–Crippen MR) is 121 cm³/mol. The van der Waals surface area contributed by atoms with E-state index in [2.05, 4.69) is 15.0 Å². The molecule has 0 saturated heterocycles. The van der Waals surface area contributed by atoms with Gasteiger partial charge in [0.1, 0.15) is 11.6 Å². The lowest BCUT2D eigenvalue weighted by atomic mass is 10.1. The van der Waals surface area contributed by atoms with Crippen molar-refractivity contribution >= 4 is 27.5 Å². The van der Waals surface area contributed by atoms with Gasteiger partial charge in [-0.3, -0.25) is 4.79 Å². The number of aromatic nitrogens is 1. The number of rotatable bonds is 8. The SMILES string of the molecule is COC(=O)c1ccc(NC(=O)C(Oc2ccc(F)cc2F)c2ccc(S(=O)(=O)C3CC3)cc2)nc1. The number of carbonyl (C=O) groups is 2. The van der Waals surface area contributed by atoms with E-state index in [1.54, 1.807) is 0 Å². The second-order valence-electron chi connectivity index (χ2n) is 7.80. The van der Waals surface area contributed by atoms with Crippen LogP contribution in [-0.4, -0.2) is 37.6 Å². The molecule has 1 aliphatic carbocycles. The lowest BCUT2D eigenvalue weighted by Gasteiger charge is -2.20. The van der Waals surface area contributed by atoms with Gasteiger partial charge in [-0.1, -0.05) is 12.1 Å². The van der Waals surface area contributed by atoms with E-state index in [1.807, 2.05) is 0 Å². The average molecular weight is 502 g/mol. The van der Waals surface area contributed by atoms with Gasteiger partial charge in [-0.25, -0.2) is 27.0 Å². The molecule has 182 valence electrons. The molecular weight excluding hydrogens is 482 g/mol. The highest BCUT2D eigenvalue weighted by Crippen LogP contribution is 2.34. The maximum absolute atomic E-state index is 14.3. The van der Waals surface area contributed by atoms with Crippen molar-refractivity contribution in [2.75, 3.05) is 12.4 Å². The Kier molecular flexibility index (Phi) is 6.79. The van der Waals surface area contributed by atoms with E-state index in [4.69, 9.17) is 4.74 Å². The van der Waals surface area contributed by atoms with Crippen LogP contribution in [0.4, 0.5) is 14.6 Å². The Balaban J connectivity index is 1.62. The van der Waals surface area contributed by atoms with Crippen LogP contribution in [0.5, 0.6) is 5.75 Å². The lowest BCUT2D eigenvalue weighted by molar-refractivity contribution is -0.123. The lowest BCUT2D eigenvalue weighted by Crippen LogP contribution is -2.26. The third-order valence-corrected chi connectivity index (χ3v) is 7.57. The number of nitrogens with zero attached hydrogens (tertiary/aromatic N) is 1. The molecule has 8 nitrogen and oxygen atoms in total. The molecule has 0 aliphatic heterocycles. The number of pyridine rings is 1. The molecule has 0 radical (unpaired) electrons. The van der Waals surface area contributed by atoms with Gasteiger partial charge in [-0.15, -0.1) is 0 Å². The Morgan fingerprint density at radius 3 is 2.34 bits per heavy atom. The summed E-state index contributed by atoms with van der Waals surface area (Å²) in [6.45, 7) is 0. The fourth-order valence-corrected chi connectivity index (χ4v) is 4.93. The van der Waals surface area contributed by atoms with Crippen LogP contribution in [0.25, 0.3) is 0 Å². The standard InChI is InChI=1S/C24H20F2N2O6S/c1-33-24(30)15-4-11-21(27-13-15)28-23(29)22(34-20-10-5-16(25)12-19(20)26)14-2-6-17(7-3-14)35(31,32)18-8-9-18/h2-7,10-13,18,22H,8-9H2,1H3,(H,27,28,29). The zero-order valence-electron chi connectivity index (χ0n) is 18.4. The molecule has 3 aromatic rings. The van der Waals surface area contributed by atoms with Crippen LogP contribution in [0, 0.1) is 11.6 Å². The number of amides is 1. The summed E-state index contributed by atoms with van der Waals surface area (Å²) in [5, 5.41) is 2.10. The number of esters is 1. The molecule has 0 spiro atoms. The van der Waals surface area contributed by atoms with Crippen molar-refractivity contribution in [2.45, 2.75) is 29.1 Å². The van der Waals surface area contributed by atoms with Crippen molar-refractivity contribution in [3.63, 3.8) is 0 Å². The number of ether oxygens (including phenoxy) is 2. The summed E-state index contributed by atoms with van der Waals surface area (Å²) in [5.74, 6) is -3.51. The monoisotopic (exact) mass is 502 g/mol. The highest BCUT2D eigenvalue weighted by molar-refractivity contribution is 7.92. The van der Waals surface area contributed by atoms with E-state index in [0.717, 1.165) is 12.1 Å². The molecule has 1 aromatic heterocycles. The van der Waals surface area contributed by atoms with E-state index in [0.29, 0.717) is 18.9 Å². The van der Waals surface area contributed by atoms with Crippen molar-refractivity contribution in [1.82, 2.24) is 4.98 Å². The van der Waals surface area contributed by atoms with Crippen molar-refractivity contribution in [2.24, 2.45) is 0 Å². The van der Waals surface area contributed by atoms with Crippen LogP contribution < -0.4 is 10.1 Å². The van der Waals surface area contributed by atoms with Crippen molar-refractivity contribution in [1.29, 1.82) is 0 Å². The Hall–Kier alpha value is -3.86. The zero-order valence-corrected chi connectivity index (χ0v) is 19.2. The highest BCUT2D eigenvalue weighted by Gasteiger charge is 2.37. The quantitative estimate of drug-likeness (QED) is 0.466. The fourth-order valence-electron chi connectivity index (χ4n) is 3.27.